The summed E-state index contributed by atoms with van der Waals surface area (Å²) < 4.78 is 0. The summed E-state index contributed by atoms with van der Waals surface area (Å²) in [5.41, 5.74) is 0. The van der Waals surface area contributed by atoms with Gasteiger partial charge in [0.15, 0.2) is 0 Å². The van der Waals surface area contributed by atoms with E-state index >= 15 is 0 Å². The number of hydrogen-bond donors (Lipinski definition) is 1. The lowest BCUT2D eigenvalue weighted by atomic mass is 10.3. The first-order valence-electron chi connectivity index (χ1n) is 6.36. The van der Waals surface area contributed by atoms with Crippen molar-refractivity contribution in [2.24, 2.45) is 0 Å². The van der Waals surface area contributed by atoms with Gasteiger partial charge in [-0.05, 0) is 39.7 Å². The van der Waals surface area contributed by atoms with Crippen LogP contribution in [0.1, 0.15) is 13.3 Å². The fourth-order valence-electron chi connectivity index (χ4n) is 2.01. The second-order valence-electron chi connectivity index (χ2n) is 4.73. The monoisotopic (exact) mass is 245 g/mol. The molecule has 16 heavy (non-hydrogen) atoms. The van der Waals surface area contributed by atoms with Gasteiger partial charge in [0, 0.05) is 38.0 Å². The number of hydrogen-bond acceptors (Lipinski definition) is 4. The van der Waals surface area contributed by atoms with Crippen LogP contribution >= 0.6 is 11.8 Å². The molecule has 0 bridgehead atoms. The van der Waals surface area contributed by atoms with Gasteiger partial charge in [0.2, 0.25) is 0 Å². The topological polar surface area (TPSA) is 18.5 Å². The molecule has 1 rings (SSSR count). The summed E-state index contributed by atoms with van der Waals surface area (Å²) in [6.45, 7) is 9.56. The van der Waals surface area contributed by atoms with Crippen LogP contribution in [-0.4, -0.2) is 74.2 Å². The predicted molar refractivity (Wildman–Crippen MR) is 74.4 cm³/mol. The molecule has 0 aromatic rings. The highest BCUT2D eigenvalue weighted by atomic mass is 32.2. The van der Waals surface area contributed by atoms with Crippen LogP contribution in [0.3, 0.4) is 0 Å². The van der Waals surface area contributed by atoms with Gasteiger partial charge in [0.05, 0.1) is 0 Å². The maximum absolute atomic E-state index is 3.45. The highest BCUT2D eigenvalue weighted by Crippen LogP contribution is 2.04. The molecule has 0 spiro atoms. The van der Waals surface area contributed by atoms with Crippen molar-refractivity contribution in [1.82, 2.24) is 15.1 Å². The van der Waals surface area contributed by atoms with Crippen LogP contribution in [0.15, 0.2) is 0 Å². The number of nitrogens with one attached hydrogen (secondary N) is 1. The summed E-state index contributed by atoms with van der Waals surface area (Å²) in [5, 5.41) is 3.45. The van der Waals surface area contributed by atoms with Gasteiger partial charge in [-0.1, -0.05) is 0 Å². The molecule has 96 valence electrons. The standard InChI is InChI=1S/C12H27N3S/c1-12(11-16-3)14(2)9-10-15-7-4-5-13-6-8-15/h12-13H,4-11H2,1-3H3. The third-order valence-electron chi connectivity index (χ3n) is 3.36. The molecule has 1 unspecified atom stereocenters. The van der Waals surface area contributed by atoms with Crippen LogP contribution < -0.4 is 5.32 Å². The molecule has 1 fully saturated rings. The number of thioether (sulfide) groups is 1. The Bertz CT molecular complexity index is 170. The van der Waals surface area contributed by atoms with Gasteiger partial charge in [0.1, 0.15) is 0 Å². The first-order chi connectivity index (χ1) is 7.74. The largest absolute Gasteiger partial charge is 0.315 e. The fraction of sp³-hybridized carbons (Fsp3) is 1.00. The molecule has 4 heteroatoms. The molecule has 1 heterocycles. The van der Waals surface area contributed by atoms with Gasteiger partial charge in [-0.3, -0.25) is 0 Å². The van der Waals surface area contributed by atoms with Gasteiger partial charge in [0.25, 0.3) is 0 Å². The van der Waals surface area contributed by atoms with E-state index in [1.54, 1.807) is 0 Å². The normalized spacial score (nSPS) is 21.0. The van der Waals surface area contributed by atoms with E-state index in [1.165, 1.54) is 44.9 Å². The Morgan fingerprint density at radius 2 is 2.19 bits per heavy atom. The average molecular weight is 245 g/mol. The van der Waals surface area contributed by atoms with Gasteiger partial charge in [-0.15, -0.1) is 0 Å². The van der Waals surface area contributed by atoms with E-state index in [9.17, 15) is 0 Å². The summed E-state index contributed by atoms with van der Waals surface area (Å²) in [7, 11) is 2.25. The predicted octanol–water partition coefficient (Wildman–Crippen LogP) is 0.965. The summed E-state index contributed by atoms with van der Waals surface area (Å²) in [4.78, 5) is 5.07. The van der Waals surface area contributed by atoms with E-state index in [1.807, 2.05) is 11.8 Å². The Morgan fingerprint density at radius 3 is 2.94 bits per heavy atom. The zero-order chi connectivity index (χ0) is 11.8. The SMILES string of the molecule is CSCC(C)N(C)CCN1CCCNCC1. The maximum atomic E-state index is 3.45. The van der Waals surface area contributed by atoms with Gasteiger partial charge in [-0.25, -0.2) is 0 Å². The Hall–Kier alpha value is 0.230. The fourth-order valence-corrected chi connectivity index (χ4v) is 2.75. The zero-order valence-corrected chi connectivity index (χ0v) is 11.9. The molecule has 1 saturated heterocycles. The molecular weight excluding hydrogens is 218 g/mol. The van der Waals surface area contributed by atoms with Crippen molar-refractivity contribution in [3.63, 3.8) is 0 Å². The summed E-state index contributed by atoms with van der Waals surface area (Å²) >= 11 is 1.94. The molecule has 1 atom stereocenters. The van der Waals surface area contributed by atoms with Crippen molar-refractivity contribution >= 4 is 11.8 Å². The second kappa shape index (κ2) is 8.34. The summed E-state index contributed by atoms with van der Waals surface area (Å²) in [5.74, 6) is 1.23. The van der Waals surface area contributed by atoms with E-state index in [0.717, 1.165) is 6.54 Å². The van der Waals surface area contributed by atoms with E-state index in [-0.39, 0.29) is 0 Å². The molecule has 0 amide bonds. The summed E-state index contributed by atoms with van der Waals surface area (Å²) in [6.07, 6.45) is 3.48. The molecule has 0 aromatic carbocycles. The van der Waals surface area contributed by atoms with Crippen LogP contribution in [0.2, 0.25) is 0 Å². The van der Waals surface area contributed by atoms with E-state index in [4.69, 9.17) is 0 Å². The molecule has 1 aliphatic rings. The van der Waals surface area contributed by atoms with Crippen LogP contribution in [0.25, 0.3) is 0 Å². The average Bonchev–Trinajstić information content (AvgIpc) is 2.54. The molecule has 1 aliphatic heterocycles. The Kier molecular flexibility index (Phi) is 7.45. The third kappa shape index (κ3) is 5.53. The quantitative estimate of drug-likeness (QED) is 0.751. The van der Waals surface area contributed by atoms with Crippen molar-refractivity contribution < 1.29 is 0 Å². The number of likely N-dealkylation sites (N-methyl/N-ethyl adjacent to an activating group) is 1. The first-order valence-corrected chi connectivity index (χ1v) is 7.75. The second-order valence-corrected chi connectivity index (χ2v) is 5.64. The van der Waals surface area contributed by atoms with Crippen LogP contribution in [-0.2, 0) is 0 Å². The Labute approximate surface area is 105 Å². The molecular formula is C12H27N3S. The van der Waals surface area contributed by atoms with Crippen LogP contribution in [0.5, 0.6) is 0 Å². The minimum absolute atomic E-state index is 0.695. The van der Waals surface area contributed by atoms with Crippen molar-refractivity contribution in [3.8, 4) is 0 Å². The lowest BCUT2D eigenvalue weighted by Gasteiger charge is -2.27. The lowest BCUT2D eigenvalue weighted by Crippen LogP contribution is -2.39. The molecule has 1 N–H and O–H groups in total. The number of rotatable bonds is 6. The lowest BCUT2D eigenvalue weighted by molar-refractivity contribution is 0.211. The zero-order valence-electron chi connectivity index (χ0n) is 11.0. The minimum atomic E-state index is 0.695. The van der Waals surface area contributed by atoms with E-state index in [0.29, 0.717) is 6.04 Å². The van der Waals surface area contributed by atoms with Crippen molar-refractivity contribution in [1.29, 1.82) is 0 Å². The summed E-state index contributed by atoms with van der Waals surface area (Å²) in [6, 6.07) is 0.695. The highest BCUT2D eigenvalue weighted by Gasteiger charge is 2.12. The highest BCUT2D eigenvalue weighted by molar-refractivity contribution is 7.98. The Morgan fingerprint density at radius 1 is 1.38 bits per heavy atom. The molecule has 0 aliphatic carbocycles. The van der Waals surface area contributed by atoms with Crippen molar-refractivity contribution in [2.45, 2.75) is 19.4 Å². The molecule has 0 radical (unpaired) electrons. The molecule has 0 aromatic heterocycles. The van der Waals surface area contributed by atoms with E-state index < -0.39 is 0 Å². The molecule has 3 nitrogen and oxygen atoms in total. The molecule has 0 saturated carbocycles. The van der Waals surface area contributed by atoms with Gasteiger partial charge >= 0.3 is 0 Å². The third-order valence-corrected chi connectivity index (χ3v) is 4.18. The van der Waals surface area contributed by atoms with Gasteiger partial charge < -0.3 is 15.1 Å². The van der Waals surface area contributed by atoms with Gasteiger partial charge in [-0.2, -0.15) is 11.8 Å². The van der Waals surface area contributed by atoms with Crippen LogP contribution in [0, 0.1) is 0 Å². The van der Waals surface area contributed by atoms with E-state index in [2.05, 4.69) is 35.3 Å². The number of nitrogens with zero attached hydrogens (tertiary/aromatic N) is 2. The van der Waals surface area contributed by atoms with Crippen molar-refractivity contribution in [2.75, 3.05) is 58.3 Å². The smallest absolute Gasteiger partial charge is 0.0155 e. The van der Waals surface area contributed by atoms with Crippen LogP contribution in [0.4, 0.5) is 0 Å². The maximum Gasteiger partial charge on any atom is 0.0155 e. The Balaban J connectivity index is 2.16. The minimum Gasteiger partial charge on any atom is -0.315 e. The van der Waals surface area contributed by atoms with Crippen molar-refractivity contribution in [3.05, 3.63) is 0 Å². The first kappa shape index (κ1) is 14.3.